The first-order valence-corrected chi connectivity index (χ1v) is 10.7. The Kier molecular flexibility index (Phi) is 6.09. The molecule has 4 heterocycles. The highest BCUT2D eigenvalue weighted by molar-refractivity contribution is 5.86. The molecule has 12 nitrogen and oxygen atoms in total. The van der Waals surface area contributed by atoms with Crippen molar-refractivity contribution in [3.63, 3.8) is 0 Å². The fourth-order valence-electron chi connectivity index (χ4n) is 3.82. The van der Waals surface area contributed by atoms with Crippen LogP contribution in [0.3, 0.4) is 0 Å². The van der Waals surface area contributed by atoms with E-state index in [2.05, 4.69) is 25.4 Å². The molecule has 5 N–H and O–H groups in total. The topological polar surface area (TPSA) is 164 Å². The van der Waals surface area contributed by atoms with Gasteiger partial charge in [-0.1, -0.05) is 0 Å². The summed E-state index contributed by atoms with van der Waals surface area (Å²) in [7, 11) is 0. The standard InChI is InChI=1S/C21H20F3N7O5/c22-21(23,24)11-1-3-12(4-2-11)27-17-14-18(29-20(28-17)31-6-10(7-32)5-26-31)30(9-25-14)19-16(35)15(34)13(8-33)36-19/h1-6,9,13,15-16,19,32-35H,7-8H2,(H,27,28,29)/t13-,15-,16-,19-/m1/s1. The van der Waals surface area contributed by atoms with Gasteiger partial charge in [-0.3, -0.25) is 4.57 Å². The van der Waals surface area contributed by atoms with Crippen molar-refractivity contribution in [1.82, 2.24) is 29.3 Å². The van der Waals surface area contributed by atoms with Crippen molar-refractivity contribution >= 4 is 22.7 Å². The molecule has 0 amide bonds. The van der Waals surface area contributed by atoms with Gasteiger partial charge in [0.1, 0.15) is 18.3 Å². The third kappa shape index (κ3) is 4.27. The van der Waals surface area contributed by atoms with Gasteiger partial charge in [-0.2, -0.15) is 28.2 Å². The van der Waals surface area contributed by atoms with E-state index in [1.807, 2.05) is 0 Å². The van der Waals surface area contributed by atoms with Gasteiger partial charge < -0.3 is 30.5 Å². The summed E-state index contributed by atoms with van der Waals surface area (Å²) in [5, 5.41) is 46.5. The molecule has 0 unspecified atom stereocenters. The fraction of sp³-hybridized carbons (Fsp3) is 0.333. The molecule has 0 spiro atoms. The van der Waals surface area contributed by atoms with Crippen molar-refractivity contribution in [2.45, 2.75) is 37.3 Å². The Labute approximate surface area is 200 Å². The third-order valence-electron chi connectivity index (χ3n) is 5.70. The van der Waals surface area contributed by atoms with Gasteiger partial charge >= 0.3 is 6.18 Å². The zero-order valence-electron chi connectivity index (χ0n) is 18.3. The van der Waals surface area contributed by atoms with Gasteiger partial charge in [0.15, 0.2) is 23.2 Å². The van der Waals surface area contributed by atoms with Crippen LogP contribution in [-0.2, 0) is 17.5 Å². The molecule has 0 saturated carbocycles. The first-order valence-electron chi connectivity index (χ1n) is 10.7. The summed E-state index contributed by atoms with van der Waals surface area (Å²) in [6.45, 7) is -0.807. The van der Waals surface area contributed by atoms with E-state index < -0.39 is 42.9 Å². The van der Waals surface area contributed by atoms with Crippen LogP contribution in [0.15, 0.2) is 43.0 Å². The Hall–Kier alpha value is -3.63. The van der Waals surface area contributed by atoms with E-state index in [-0.39, 0.29) is 35.2 Å². The number of aliphatic hydroxyl groups is 4. The lowest BCUT2D eigenvalue weighted by Gasteiger charge is -2.17. The predicted molar refractivity (Wildman–Crippen MR) is 116 cm³/mol. The van der Waals surface area contributed by atoms with Gasteiger partial charge in [-0.25, -0.2) is 9.67 Å². The molecule has 1 aromatic carbocycles. The van der Waals surface area contributed by atoms with E-state index in [0.717, 1.165) is 12.1 Å². The summed E-state index contributed by atoms with van der Waals surface area (Å²) < 4.78 is 47.0. The van der Waals surface area contributed by atoms with Gasteiger partial charge in [-0.05, 0) is 24.3 Å². The van der Waals surface area contributed by atoms with Gasteiger partial charge in [0.25, 0.3) is 5.95 Å². The maximum absolute atomic E-state index is 12.9. The number of nitrogens with one attached hydrogen (secondary N) is 1. The largest absolute Gasteiger partial charge is 0.416 e. The molecular formula is C21H20F3N7O5. The fourth-order valence-corrected chi connectivity index (χ4v) is 3.82. The van der Waals surface area contributed by atoms with Crippen molar-refractivity contribution < 1.29 is 38.3 Å². The second-order valence-corrected chi connectivity index (χ2v) is 8.08. The molecule has 1 saturated heterocycles. The molecule has 0 radical (unpaired) electrons. The molecule has 190 valence electrons. The lowest BCUT2D eigenvalue weighted by atomic mass is 10.1. The summed E-state index contributed by atoms with van der Waals surface area (Å²) in [5.74, 6) is 0.131. The molecule has 3 aromatic heterocycles. The number of nitrogens with zero attached hydrogens (tertiary/aromatic N) is 6. The molecular weight excluding hydrogens is 487 g/mol. The van der Waals surface area contributed by atoms with Gasteiger partial charge in [-0.15, -0.1) is 0 Å². The zero-order valence-corrected chi connectivity index (χ0v) is 18.3. The number of alkyl halides is 3. The Morgan fingerprint density at radius 2 is 1.81 bits per heavy atom. The molecule has 36 heavy (non-hydrogen) atoms. The highest BCUT2D eigenvalue weighted by atomic mass is 19.4. The van der Waals surface area contributed by atoms with Crippen molar-refractivity contribution in [1.29, 1.82) is 0 Å². The van der Waals surface area contributed by atoms with Crippen LogP contribution in [0, 0.1) is 0 Å². The number of ether oxygens (including phenoxy) is 1. The third-order valence-corrected chi connectivity index (χ3v) is 5.70. The van der Waals surface area contributed by atoms with E-state index in [0.29, 0.717) is 5.56 Å². The van der Waals surface area contributed by atoms with E-state index >= 15 is 0 Å². The Bertz CT molecular complexity index is 1370. The smallest absolute Gasteiger partial charge is 0.394 e. The summed E-state index contributed by atoms with van der Waals surface area (Å²) in [6, 6.07) is 4.30. The number of benzene rings is 1. The lowest BCUT2D eigenvalue weighted by molar-refractivity contribution is -0.137. The first kappa shape index (κ1) is 24.1. The number of halogens is 3. The monoisotopic (exact) mass is 507 g/mol. The molecule has 1 aliphatic rings. The molecule has 1 aliphatic heterocycles. The Morgan fingerprint density at radius 3 is 2.42 bits per heavy atom. The molecule has 0 aliphatic carbocycles. The number of rotatable bonds is 6. The van der Waals surface area contributed by atoms with E-state index in [1.54, 1.807) is 0 Å². The van der Waals surface area contributed by atoms with Crippen molar-refractivity contribution in [3.8, 4) is 5.95 Å². The average Bonchev–Trinajstić information content (AvgIpc) is 3.57. The Morgan fingerprint density at radius 1 is 1.06 bits per heavy atom. The van der Waals surface area contributed by atoms with Crippen LogP contribution >= 0.6 is 0 Å². The van der Waals surface area contributed by atoms with Crippen LogP contribution in [0.2, 0.25) is 0 Å². The molecule has 15 heteroatoms. The van der Waals surface area contributed by atoms with E-state index in [9.17, 15) is 33.6 Å². The lowest BCUT2D eigenvalue weighted by Crippen LogP contribution is -2.33. The highest BCUT2D eigenvalue weighted by Crippen LogP contribution is 2.34. The molecule has 1 fully saturated rings. The van der Waals surface area contributed by atoms with Crippen LogP contribution in [0.4, 0.5) is 24.7 Å². The highest BCUT2D eigenvalue weighted by Gasteiger charge is 2.44. The van der Waals surface area contributed by atoms with Gasteiger partial charge in [0, 0.05) is 17.4 Å². The number of fused-ring (bicyclic) bond motifs is 1. The molecule has 4 aromatic rings. The second kappa shape index (κ2) is 9.11. The van der Waals surface area contributed by atoms with Gasteiger partial charge in [0.05, 0.1) is 31.3 Å². The summed E-state index contributed by atoms with van der Waals surface area (Å²) in [4.78, 5) is 13.1. The van der Waals surface area contributed by atoms with Crippen LogP contribution in [0.1, 0.15) is 17.4 Å². The van der Waals surface area contributed by atoms with Crippen LogP contribution in [0.25, 0.3) is 17.1 Å². The first-order chi connectivity index (χ1) is 17.2. The van der Waals surface area contributed by atoms with Crippen molar-refractivity contribution in [3.05, 3.63) is 54.1 Å². The van der Waals surface area contributed by atoms with E-state index in [4.69, 9.17) is 4.74 Å². The Balaban J connectivity index is 1.59. The average molecular weight is 507 g/mol. The number of anilines is 2. The number of aliphatic hydroxyl groups excluding tert-OH is 4. The number of hydrogen-bond acceptors (Lipinski definition) is 10. The quantitative estimate of drug-likeness (QED) is 0.253. The van der Waals surface area contributed by atoms with Crippen LogP contribution in [-0.4, -0.2) is 74.6 Å². The van der Waals surface area contributed by atoms with Crippen molar-refractivity contribution in [2.24, 2.45) is 0 Å². The predicted octanol–water partition coefficient (Wildman–Crippen LogP) is 0.878. The second-order valence-electron chi connectivity index (χ2n) is 8.08. The zero-order chi connectivity index (χ0) is 25.6. The van der Waals surface area contributed by atoms with Crippen LogP contribution in [0.5, 0.6) is 0 Å². The summed E-state index contributed by atoms with van der Waals surface area (Å²) in [6.07, 6.45) is -5.26. The normalized spacial score (nSPS) is 22.4. The number of hydrogen-bond donors (Lipinski definition) is 5. The SMILES string of the molecule is OCc1cnn(-c2nc(Nc3ccc(C(F)(F)F)cc3)c3ncn([C@@H]4O[C@H](CO)[C@@H](O)[C@H]4O)c3n2)c1. The summed E-state index contributed by atoms with van der Waals surface area (Å²) >= 11 is 0. The molecule has 0 bridgehead atoms. The van der Waals surface area contributed by atoms with Crippen molar-refractivity contribution in [2.75, 3.05) is 11.9 Å². The summed E-state index contributed by atoms with van der Waals surface area (Å²) in [5.41, 5.74) is 0.278. The minimum absolute atomic E-state index is 0.0186. The number of aromatic nitrogens is 6. The van der Waals surface area contributed by atoms with Gasteiger partial charge in [0.2, 0.25) is 0 Å². The van der Waals surface area contributed by atoms with Crippen LogP contribution < -0.4 is 5.32 Å². The molecule has 5 rings (SSSR count). The minimum atomic E-state index is -4.49. The maximum atomic E-state index is 12.9. The minimum Gasteiger partial charge on any atom is -0.394 e. The van der Waals surface area contributed by atoms with E-state index in [1.165, 1.54) is 40.1 Å². The maximum Gasteiger partial charge on any atom is 0.416 e. The molecule has 4 atom stereocenters. The number of imidazole rings is 1.